The second kappa shape index (κ2) is 6.26. The zero-order valence-electron chi connectivity index (χ0n) is 12.0. The monoisotopic (exact) mass is 283 g/mol. The van der Waals surface area contributed by atoms with Crippen molar-refractivity contribution in [1.29, 1.82) is 0 Å². The van der Waals surface area contributed by atoms with Gasteiger partial charge in [0.25, 0.3) is 5.91 Å². The highest BCUT2D eigenvalue weighted by Crippen LogP contribution is 2.22. The number of benzene rings is 1. The van der Waals surface area contributed by atoms with Crippen LogP contribution in [0.15, 0.2) is 18.2 Å². The number of rotatable bonds is 5. The first-order valence-electron chi connectivity index (χ1n) is 6.20. The van der Waals surface area contributed by atoms with Crippen LogP contribution in [0.2, 0.25) is 5.02 Å². The molecular weight excluding hydrogens is 262 g/mol. The third-order valence-electron chi connectivity index (χ3n) is 2.77. The molecule has 0 fully saturated rings. The molecule has 1 aromatic carbocycles. The van der Waals surface area contributed by atoms with Gasteiger partial charge in [-0.2, -0.15) is 0 Å². The minimum atomic E-state index is -0.188. The van der Waals surface area contributed by atoms with Crippen molar-refractivity contribution in [1.82, 2.24) is 10.2 Å². The van der Waals surface area contributed by atoms with Gasteiger partial charge >= 0.3 is 0 Å². The molecule has 1 amide bonds. The van der Waals surface area contributed by atoms with Crippen molar-refractivity contribution in [2.75, 3.05) is 32.9 Å². The number of para-hydroxylation sites is 1. The molecule has 106 valence electrons. The Morgan fingerprint density at radius 3 is 2.63 bits per heavy atom. The fourth-order valence-electron chi connectivity index (χ4n) is 2.06. The van der Waals surface area contributed by atoms with Crippen LogP contribution in [0.25, 0.3) is 0 Å². The Morgan fingerprint density at radius 1 is 1.42 bits per heavy atom. The summed E-state index contributed by atoms with van der Waals surface area (Å²) < 4.78 is 0. The van der Waals surface area contributed by atoms with Crippen molar-refractivity contribution in [3.8, 4) is 0 Å². The van der Waals surface area contributed by atoms with Gasteiger partial charge in [0.2, 0.25) is 0 Å². The number of halogens is 1. The van der Waals surface area contributed by atoms with Gasteiger partial charge in [-0.25, -0.2) is 0 Å². The number of nitrogens with zero attached hydrogens (tertiary/aromatic N) is 1. The number of nitrogens with one attached hydrogen (secondary N) is 1. The normalized spacial score (nSPS) is 11.7. The van der Waals surface area contributed by atoms with Crippen LogP contribution in [-0.4, -0.2) is 38.0 Å². The van der Waals surface area contributed by atoms with Gasteiger partial charge in [0.1, 0.15) is 0 Å². The van der Waals surface area contributed by atoms with Gasteiger partial charge in [-0.05, 0) is 31.6 Å². The summed E-state index contributed by atoms with van der Waals surface area (Å²) >= 11 is 5.91. The van der Waals surface area contributed by atoms with Gasteiger partial charge in [0.15, 0.2) is 0 Å². The van der Waals surface area contributed by atoms with Gasteiger partial charge < -0.3 is 16.0 Å². The van der Waals surface area contributed by atoms with E-state index in [-0.39, 0.29) is 11.3 Å². The largest absolute Gasteiger partial charge is 0.397 e. The summed E-state index contributed by atoms with van der Waals surface area (Å²) in [7, 11) is 4.02. The highest BCUT2D eigenvalue weighted by atomic mass is 35.5. The number of anilines is 1. The van der Waals surface area contributed by atoms with Crippen molar-refractivity contribution in [3.05, 3.63) is 28.8 Å². The van der Waals surface area contributed by atoms with Crippen molar-refractivity contribution in [2.45, 2.75) is 13.8 Å². The molecular formula is C14H22ClN3O. The van der Waals surface area contributed by atoms with E-state index in [1.54, 1.807) is 18.2 Å². The molecule has 0 bridgehead atoms. The molecule has 0 aliphatic heterocycles. The lowest BCUT2D eigenvalue weighted by Gasteiger charge is -2.28. The zero-order chi connectivity index (χ0) is 14.6. The molecule has 19 heavy (non-hydrogen) atoms. The molecule has 0 radical (unpaired) electrons. The smallest absolute Gasteiger partial charge is 0.253 e. The van der Waals surface area contributed by atoms with Gasteiger partial charge in [-0.15, -0.1) is 0 Å². The van der Waals surface area contributed by atoms with Crippen molar-refractivity contribution < 1.29 is 4.79 Å². The molecule has 0 atom stereocenters. The second-order valence-corrected chi connectivity index (χ2v) is 6.19. The van der Waals surface area contributed by atoms with E-state index in [1.807, 2.05) is 14.1 Å². The van der Waals surface area contributed by atoms with Crippen molar-refractivity contribution in [2.24, 2.45) is 5.41 Å². The molecule has 1 rings (SSSR count). The van der Waals surface area contributed by atoms with Crippen LogP contribution in [-0.2, 0) is 0 Å². The summed E-state index contributed by atoms with van der Waals surface area (Å²) in [6, 6.07) is 5.07. The van der Waals surface area contributed by atoms with Crippen LogP contribution >= 0.6 is 11.6 Å². The first-order valence-corrected chi connectivity index (χ1v) is 6.58. The van der Waals surface area contributed by atoms with E-state index in [0.717, 1.165) is 6.54 Å². The number of nitrogens with two attached hydrogens (primary N) is 1. The van der Waals surface area contributed by atoms with E-state index in [2.05, 4.69) is 24.1 Å². The summed E-state index contributed by atoms with van der Waals surface area (Å²) in [6.07, 6.45) is 0. The van der Waals surface area contributed by atoms with Crippen LogP contribution < -0.4 is 11.1 Å². The lowest BCUT2D eigenvalue weighted by atomic mass is 9.93. The maximum absolute atomic E-state index is 12.1. The second-order valence-electron chi connectivity index (χ2n) is 5.79. The average molecular weight is 284 g/mol. The lowest BCUT2D eigenvalue weighted by Crippen LogP contribution is -2.40. The SMILES string of the molecule is CN(C)CC(C)(C)CNC(=O)c1cccc(Cl)c1N. The Morgan fingerprint density at radius 2 is 2.05 bits per heavy atom. The van der Waals surface area contributed by atoms with Crippen molar-refractivity contribution >= 4 is 23.2 Å². The maximum atomic E-state index is 12.1. The fourth-order valence-corrected chi connectivity index (χ4v) is 2.24. The quantitative estimate of drug-likeness (QED) is 0.815. The van der Waals surface area contributed by atoms with E-state index in [4.69, 9.17) is 17.3 Å². The van der Waals surface area contributed by atoms with Crippen LogP contribution in [0.1, 0.15) is 24.2 Å². The van der Waals surface area contributed by atoms with E-state index in [0.29, 0.717) is 22.8 Å². The van der Waals surface area contributed by atoms with Gasteiger partial charge in [0.05, 0.1) is 16.3 Å². The predicted octanol–water partition coefficient (Wildman–Crippen LogP) is 2.24. The molecule has 0 unspecified atom stereocenters. The predicted molar refractivity (Wildman–Crippen MR) is 80.5 cm³/mol. The molecule has 0 aliphatic carbocycles. The molecule has 3 N–H and O–H groups in total. The number of hydrogen-bond donors (Lipinski definition) is 2. The van der Waals surface area contributed by atoms with E-state index in [1.165, 1.54) is 0 Å². The first-order chi connectivity index (χ1) is 8.73. The average Bonchev–Trinajstić information content (AvgIpc) is 2.28. The molecule has 0 heterocycles. The highest BCUT2D eigenvalue weighted by molar-refractivity contribution is 6.33. The van der Waals surface area contributed by atoms with Crippen LogP contribution in [0.4, 0.5) is 5.69 Å². The third-order valence-corrected chi connectivity index (χ3v) is 3.10. The minimum absolute atomic E-state index is 0.00744. The molecule has 0 spiro atoms. The van der Waals surface area contributed by atoms with Gasteiger partial charge in [-0.1, -0.05) is 31.5 Å². The topological polar surface area (TPSA) is 58.4 Å². The fraction of sp³-hybridized carbons (Fsp3) is 0.500. The number of amides is 1. The summed E-state index contributed by atoms with van der Waals surface area (Å²) in [5.41, 5.74) is 6.55. The molecule has 5 heteroatoms. The van der Waals surface area contributed by atoms with E-state index in [9.17, 15) is 4.79 Å². The number of carbonyl (C=O) groups excluding carboxylic acids is 1. The Labute approximate surface area is 119 Å². The summed E-state index contributed by atoms with van der Waals surface area (Å²) in [4.78, 5) is 14.2. The van der Waals surface area contributed by atoms with Gasteiger partial charge in [0, 0.05) is 13.1 Å². The summed E-state index contributed by atoms with van der Waals surface area (Å²) in [5, 5.41) is 3.31. The van der Waals surface area contributed by atoms with Crippen molar-refractivity contribution in [3.63, 3.8) is 0 Å². The van der Waals surface area contributed by atoms with E-state index < -0.39 is 0 Å². The standard InChI is InChI=1S/C14H22ClN3O/c1-14(2,9-18(3)4)8-17-13(19)10-6-5-7-11(15)12(10)16/h5-7H,8-9,16H2,1-4H3,(H,17,19). The molecule has 0 saturated carbocycles. The number of hydrogen-bond acceptors (Lipinski definition) is 3. The zero-order valence-corrected chi connectivity index (χ0v) is 12.7. The Hall–Kier alpha value is -1.26. The van der Waals surface area contributed by atoms with Gasteiger partial charge in [-0.3, -0.25) is 4.79 Å². The summed E-state index contributed by atoms with van der Waals surface area (Å²) in [6.45, 7) is 5.68. The van der Waals surface area contributed by atoms with Crippen LogP contribution in [0.3, 0.4) is 0 Å². The molecule has 0 aromatic heterocycles. The van der Waals surface area contributed by atoms with Crippen LogP contribution in [0, 0.1) is 5.41 Å². The lowest BCUT2D eigenvalue weighted by molar-refractivity contribution is 0.0930. The third kappa shape index (κ3) is 4.73. The highest BCUT2D eigenvalue weighted by Gasteiger charge is 2.21. The molecule has 1 aromatic rings. The Bertz CT molecular complexity index is 458. The molecule has 0 saturated heterocycles. The molecule has 4 nitrogen and oxygen atoms in total. The minimum Gasteiger partial charge on any atom is -0.397 e. The summed E-state index contributed by atoms with van der Waals surface area (Å²) in [5.74, 6) is -0.188. The van der Waals surface area contributed by atoms with E-state index >= 15 is 0 Å². The first kappa shape index (κ1) is 15.8. The Balaban J connectivity index is 2.68. The number of nitrogen functional groups attached to an aromatic ring is 1. The molecule has 0 aliphatic rings. The maximum Gasteiger partial charge on any atom is 0.253 e. The number of carbonyl (C=O) groups is 1. The van der Waals surface area contributed by atoms with Crippen LogP contribution in [0.5, 0.6) is 0 Å². The Kier molecular flexibility index (Phi) is 5.20.